The number of amides is 1. The van der Waals surface area contributed by atoms with Gasteiger partial charge in [0, 0.05) is 23.2 Å². The standard InChI is InChI=1S/C27H30N2O4S/c1-4-27(5-2)18-24(23-11-6-7-12-25(23)33-27)28-26(30)20-9-8-10-21(17-20)29-34(31,32)22-15-13-19(3)14-16-22/h6-17,24,29H,4-5,18H2,1-3H3,(H,28,30)/t24-/m0/s1. The summed E-state index contributed by atoms with van der Waals surface area (Å²) in [5.74, 6) is 0.529. The number of anilines is 1. The second-order valence-electron chi connectivity index (χ2n) is 8.76. The number of para-hydroxylation sites is 1. The number of sulfonamides is 1. The van der Waals surface area contributed by atoms with Gasteiger partial charge in [0.15, 0.2) is 0 Å². The Kier molecular flexibility index (Phi) is 6.66. The summed E-state index contributed by atoms with van der Waals surface area (Å²) in [7, 11) is -3.76. The molecule has 1 aliphatic heterocycles. The quantitative estimate of drug-likeness (QED) is 0.462. The van der Waals surface area contributed by atoms with Crippen LogP contribution in [0, 0.1) is 6.92 Å². The molecule has 0 saturated heterocycles. The van der Waals surface area contributed by atoms with Crippen molar-refractivity contribution in [3.63, 3.8) is 0 Å². The van der Waals surface area contributed by atoms with Gasteiger partial charge in [-0.3, -0.25) is 9.52 Å². The Hall–Kier alpha value is -3.32. The first kappa shape index (κ1) is 23.8. The Balaban J connectivity index is 1.55. The van der Waals surface area contributed by atoms with Crippen molar-refractivity contribution in [2.75, 3.05) is 4.72 Å². The maximum Gasteiger partial charge on any atom is 0.261 e. The summed E-state index contributed by atoms with van der Waals surface area (Å²) >= 11 is 0. The van der Waals surface area contributed by atoms with Crippen LogP contribution in [0.25, 0.3) is 0 Å². The molecule has 34 heavy (non-hydrogen) atoms. The van der Waals surface area contributed by atoms with E-state index in [1.165, 1.54) is 0 Å². The van der Waals surface area contributed by atoms with Crippen molar-refractivity contribution in [1.29, 1.82) is 0 Å². The highest BCUT2D eigenvalue weighted by atomic mass is 32.2. The predicted octanol–water partition coefficient (Wildman–Crippen LogP) is 5.61. The van der Waals surface area contributed by atoms with E-state index in [2.05, 4.69) is 23.9 Å². The van der Waals surface area contributed by atoms with Crippen LogP contribution in [-0.2, 0) is 10.0 Å². The molecule has 6 nitrogen and oxygen atoms in total. The number of carbonyl (C=O) groups is 1. The number of hydrogen-bond donors (Lipinski definition) is 2. The molecule has 0 radical (unpaired) electrons. The zero-order chi connectivity index (χ0) is 24.3. The number of carbonyl (C=O) groups excluding carboxylic acids is 1. The average molecular weight is 479 g/mol. The van der Waals surface area contributed by atoms with Crippen LogP contribution in [0.1, 0.15) is 60.6 Å². The molecule has 3 aromatic rings. The summed E-state index contributed by atoms with van der Waals surface area (Å²) in [5.41, 5.74) is 2.30. The van der Waals surface area contributed by atoms with Crippen molar-refractivity contribution < 1.29 is 17.9 Å². The second-order valence-corrected chi connectivity index (χ2v) is 10.4. The maximum absolute atomic E-state index is 13.2. The van der Waals surface area contributed by atoms with Crippen molar-refractivity contribution in [3.8, 4) is 5.75 Å². The molecule has 4 rings (SSSR count). The monoisotopic (exact) mass is 478 g/mol. The zero-order valence-corrected chi connectivity index (χ0v) is 20.5. The molecule has 0 saturated carbocycles. The highest BCUT2D eigenvalue weighted by molar-refractivity contribution is 7.92. The van der Waals surface area contributed by atoms with E-state index in [4.69, 9.17) is 4.74 Å². The first-order valence-electron chi connectivity index (χ1n) is 11.5. The van der Waals surface area contributed by atoms with Crippen LogP contribution in [0.15, 0.2) is 77.7 Å². The van der Waals surface area contributed by atoms with Crippen LogP contribution in [0.2, 0.25) is 0 Å². The summed E-state index contributed by atoms with van der Waals surface area (Å²) in [6, 6.07) is 20.7. The summed E-state index contributed by atoms with van der Waals surface area (Å²) in [6.45, 7) is 6.09. The SMILES string of the molecule is CCC1(CC)C[C@H](NC(=O)c2cccc(NS(=O)(=O)c3ccc(C)cc3)c2)c2ccccc2O1. The fourth-order valence-electron chi connectivity index (χ4n) is 4.33. The minimum Gasteiger partial charge on any atom is -0.487 e. The molecule has 0 aromatic heterocycles. The first-order valence-corrected chi connectivity index (χ1v) is 13.0. The fourth-order valence-corrected chi connectivity index (χ4v) is 5.38. The number of nitrogens with one attached hydrogen (secondary N) is 2. The molecule has 0 bridgehead atoms. The Labute approximate surface area is 201 Å². The van der Waals surface area contributed by atoms with E-state index in [-0.39, 0.29) is 22.4 Å². The van der Waals surface area contributed by atoms with E-state index >= 15 is 0 Å². The van der Waals surface area contributed by atoms with Gasteiger partial charge in [-0.05, 0) is 56.2 Å². The molecule has 1 atom stereocenters. The molecule has 0 aliphatic carbocycles. The van der Waals surface area contributed by atoms with E-state index in [0.29, 0.717) is 17.7 Å². The minimum absolute atomic E-state index is 0.169. The van der Waals surface area contributed by atoms with Gasteiger partial charge in [-0.25, -0.2) is 8.42 Å². The summed E-state index contributed by atoms with van der Waals surface area (Å²) in [5, 5.41) is 3.15. The van der Waals surface area contributed by atoms with Gasteiger partial charge in [0.1, 0.15) is 11.4 Å². The average Bonchev–Trinajstić information content (AvgIpc) is 2.84. The molecule has 178 valence electrons. The highest BCUT2D eigenvalue weighted by Gasteiger charge is 2.39. The van der Waals surface area contributed by atoms with Crippen molar-refractivity contribution in [2.24, 2.45) is 0 Å². The summed E-state index contributed by atoms with van der Waals surface area (Å²) in [6.07, 6.45) is 2.34. The second kappa shape index (κ2) is 9.50. The molecule has 3 aromatic carbocycles. The molecule has 1 amide bonds. The van der Waals surface area contributed by atoms with Crippen molar-refractivity contribution in [3.05, 3.63) is 89.5 Å². The Morgan fingerprint density at radius 2 is 1.71 bits per heavy atom. The van der Waals surface area contributed by atoms with Crippen LogP contribution in [-0.4, -0.2) is 19.9 Å². The zero-order valence-electron chi connectivity index (χ0n) is 19.7. The highest BCUT2D eigenvalue weighted by Crippen LogP contribution is 2.42. The third kappa shape index (κ3) is 4.94. The van der Waals surface area contributed by atoms with Crippen molar-refractivity contribution >= 4 is 21.6 Å². The first-order chi connectivity index (χ1) is 16.2. The number of aryl methyl sites for hydroxylation is 1. The van der Waals surface area contributed by atoms with Crippen LogP contribution < -0.4 is 14.8 Å². The van der Waals surface area contributed by atoms with Gasteiger partial charge in [-0.15, -0.1) is 0 Å². The summed E-state index contributed by atoms with van der Waals surface area (Å²) in [4.78, 5) is 13.4. The van der Waals surface area contributed by atoms with E-state index in [1.54, 1.807) is 48.5 Å². The van der Waals surface area contributed by atoms with E-state index in [9.17, 15) is 13.2 Å². The molecule has 1 aliphatic rings. The third-order valence-electron chi connectivity index (χ3n) is 6.50. The van der Waals surface area contributed by atoms with Crippen LogP contribution >= 0.6 is 0 Å². The van der Waals surface area contributed by atoms with Crippen LogP contribution in [0.3, 0.4) is 0 Å². The van der Waals surface area contributed by atoms with Gasteiger partial charge < -0.3 is 10.1 Å². The fraction of sp³-hybridized carbons (Fsp3) is 0.296. The Bertz CT molecular complexity index is 1280. The van der Waals surface area contributed by atoms with Gasteiger partial charge in [0.25, 0.3) is 15.9 Å². The normalized spacial score (nSPS) is 16.7. The Morgan fingerprint density at radius 3 is 2.41 bits per heavy atom. The third-order valence-corrected chi connectivity index (χ3v) is 7.90. The number of ether oxygens (including phenoxy) is 1. The van der Waals surface area contributed by atoms with Crippen LogP contribution in [0.5, 0.6) is 5.75 Å². The molecular formula is C27H30N2O4S. The predicted molar refractivity (Wildman–Crippen MR) is 134 cm³/mol. The molecule has 2 N–H and O–H groups in total. The van der Waals surface area contributed by atoms with E-state index in [0.717, 1.165) is 29.7 Å². The lowest BCUT2D eigenvalue weighted by atomic mass is 9.83. The number of fused-ring (bicyclic) bond motifs is 1. The molecule has 0 unspecified atom stereocenters. The molecule has 0 spiro atoms. The van der Waals surface area contributed by atoms with Crippen molar-refractivity contribution in [1.82, 2.24) is 5.32 Å². The smallest absolute Gasteiger partial charge is 0.261 e. The van der Waals surface area contributed by atoms with Gasteiger partial charge >= 0.3 is 0 Å². The molecule has 7 heteroatoms. The number of rotatable bonds is 7. The van der Waals surface area contributed by atoms with Gasteiger partial charge in [0.05, 0.1) is 10.9 Å². The van der Waals surface area contributed by atoms with Gasteiger partial charge in [-0.2, -0.15) is 0 Å². The number of benzene rings is 3. The van der Waals surface area contributed by atoms with Crippen LogP contribution in [0.4, 0.5) is 5.69 Å². The maximum atomic E-state index is 13.2. The van der Waals surface area contributed by atoms with Crippen molar-refractivity contribution in [2.45, 2.75) is 56.6 Å². The minimum atomic E-state index is -3.76. The summed E-state index contributed by atoms with van der Waals surface area (Å²) < 4.78 is 34.4. The largest absolute Gasteiger partial charge is 0.487 e. The number of hydrogen-bond acceptors (Lipinski definition) is 4. The molecular weight excluding hydrogens is 448 g/mol. The molecule has 0 fully saturated rings. The lowest BCUT2D eigenvalue weighted by molar-refractivity contribution is 0.0227. The van der Waals surface area contributed by atoms with Gasteiger partial charge in [0.2, 0.25) is 0 Å². The van der Waals surface area contributed by atoms with E-state index < -0.39 is 10.0 Å². The lowest BCUT2D eigenvalue weighted by Gasteiger charge is -2.41. The topological polar surface area (TPSA) is 84.5 Å². The lowest BCUT2D eigenvalue weighted by Crippen LogP contribution is -2.44. The Morgan fingerprint density at radius 1 is 1.00 bits per heavy atom. The molecule has 1 heterocycles. The van der Waals surface area contributed by atoms with Gasteiger partial charge in [-0.1, -0.05) is 55.8 Å². The van der Waals surface area contributed by atoms with E-state index in [1.807, 2.05) is 31.2 Å².